The normalized spacial score (nSPS) is 17.3. The topological polar surface area (TPSA) is 81.3 Å². The molecule has 32 heavy (non-hydrogen) atoms. The van der Waals surface area contributed by atoms with Crippen molar-refractivity contribution in [2.24, 2.45) is 0 Å². The van der Waals surface area contributed by atoms with Gasteiger partial charge in [-0.15, -0.1) is 0 Å². The van der Waals surface area contributed by atoms with E-state index in [9.17, 15) is 27.2 Å². The molecule has 11 heteroatoms. The largest absolute Gasteiger partial charge is 0.419 e. The van der Waals surface area contributed by atoms with Crippen molar-refractivity contribution in [3.63, 3.8) is 0 Å². The van der Waals surface area contributed by atoms with E-state index in [1.807, 2.05) is 0 Å². The lowest BCUT2D eigenvalue weighted by atomic mass is 9.86. The number of carbonyl (C=O) groups excluding carboxylic acids is 2. The number of nitrogens with zero attached hydrogens (tertiary/aromatic N) is 3. The van der Waals surface area contributed by atoms with Crippen molar-refractivity contribution in [2.45, 2.75) is 37.9 Å². The number of urea groups is 1. The van der Waals surface area contributed by atoms with E-state index in [2.05, 4.69) is 15.5 Å². The molecule has 7 nitrogen and oxygen atoms in total. The van der Waals surface area contributed by atoms with Crippen molar-refractivity contribution in [3.05, 3.63) is 52.1 Å². The number of amides is 3. The minimum Gasteiger partial charge on any atom is -0.341 e. The number of hydrogen-bond donors (Lipinski definition) is 2. The molecule has 3 heterocycles. The second-order valence-corrected chi connectivity index (χ2v) is 8.02. The quantitative estimate of drug-likeness (QED) is 0.685. The molecule has 4 rings (SSSR count). The van der Waals surface area contributed by atoms with Crippen LogP contribution in [-0.4, -0.2) is 58.6 Å². The van der Waals surface area contributed by atoms with E-state index >= 15 is 0 Å². The number of piperidine rings is 1. The van der Waals surface area contributed by atoms with E-state index in [-0.39, 0.29) is 55.7 Å². The molecule has 2 aromatic rings. The molecule has 0 atom stereocenters. The van der Waals surface area contributed by atoms with Crippen molar-refractivity contribution in [1.82, 2.24) is 25.3 Å². The van der Waals surface area contributed by atoms with Gasteiger partial charge in [0, 0.05) is 44.4 Å². The summed E-state index contributed by atoms with van der Waals surface area (Å²) in [7, 11) is 1.53. The molecule has 0 spiro atoms. The number of benzene rings is 1. The molecule has 3 amide bonds. The number of alkyl halides is 3. The van der Waals surface area contributed by atoms with E-state index in [0.29, 0.717) is 18.5 Å². The van der Waals surface area contributed by atoms with Crippen LogP contribution in [0.2, 0.25) is 0 Å². The van der Waals surface area contributed by atoms with Gasteiger partial charge in [-0.25, -0.2) is 9.18 Å². The van der Waals surface area contributed by atoms with Gasteiger partial charge in [0.05, 0.1) is 12.1 Å². The molecule has 2 aliphatic heterocycles. The van der Waals surface area contributed by atoms with Gasteiger partial charge in [0.15, 0.2) is 5.69 Å². The van der Waals surface area contributed by atoms with Crippen LogP contribution in [-0.2, 0) is 19.1 Å². The average molecular weight is 453 g/mol. The van der Waals surface area contributed by atoms with Gasteiger partial charge in [0.2, 0.25) is 0 Å². The van der Waals surface area contributed by atoms with Gasteiger partial charge in [-0.3, -0.25) is 9.89 Å². The molecular formula is C21H23F4N5O2. The summed E-state index contributed by atoms with van der Waals surface area (Å²) in [5.41, 5.74) is 0.409. The molecule has 0 aliphatic carbocycles. The highest BCUT2D eigenvalue weighted by Gasteiger charge is 2.39. The third-order valence-corrected chi connectivity index (χ3v) is 6.19. The van der Waals surface area contributed by atoms with Crippen molar-refractivity contribution in [2.75, 3.05) is 26.7 Å². The Morgan fingerprint density at radius 3 is 2.53 bits per heavy atom. The first-order chi connectivity index (χ1) is 15.2. The first-order valence-electron chi connectivity index (χ1n) is 10.4. The zero-order valence-electron chi connectivity index (χ0n) is 17.4. The fourth-order valence-electron chi connectivity index (χ4n) is 4.53. The maximum atomic E-state index is 13.9. The van der Waals surface area contributed by atoms with Crippen LogP contribution in [0.5, 0.6) is 0 Å². The van der Waals surface area contributed by atoms with Crippen molar-refractivity contribution in [3.8, 4) is 0 Å². The van der Waals surface area contributed by atoms with Gasteiger partial charge in [-0.2, -0.15) is 18.3 Å². The van der Waals surface area contributed by atoms with Crippen molar-refractivity contribution in [1.29, 1.82) is 0 Å². The zero-order chi connectivity index (χ0) is 23.0. The molecule has 0 bridgehead atoms. The van der Waals surface area contributed by atoms with Gasteiger partial charge in [-0.05, 0) is 30.4 Å². The molecule has 0 saturated carbocycles. The second-order valence-electron chi connectivity index (χ2n) is 8.02. The molecule has 0 radical (unpaired) electrons. The Bertz CT molecular complexity index is 1030. The van der Waals surface area contributed by atoms with Crippen LogP contribution in [0.1, 0.15) is 51.6 Å². The third-order valence-electron chi connectivity index (χ3n) is 6.19. The van der Waals surface area contributed by atoms with E-state index in [4.69, 9.17) is 0 Å². The maximum Gasteiger partial charge on any atom is 0.419 e. The van der Waals surface area contributed by atoms with Crippen LogP contribution < -0.4 is 5.32 Å². The minimum absolute atomic E-state index is 0.0667. The Morgan fingerprint density at radius 2 is 1.88 bits per heavy atom. The van der Waals surface area contributed by atoms with E-state index in [0.717, 1.165) is 11.8 Å². The summed E-state index contributed by atoms with van der Waals surface area (Å²) in [4.78, 5) is 28.2. The Morgan fingerprint density at radius 1 is 1.16 bits per heavy atom. The molecule has 2 aliphatic rings. The Labute approximate surface area is 181 Å². The predicted molar refractivity (Wildman–Crippen MR) is 106 cm³/mol. The molecular weight excluding hydrogens is 430 g/mol. The van der Waals surface area contributed by atoms with E-state index in [1.54, 1.807) is 9.80 Å². The molecule has 1 aromatic heterocycles. The number of aromatic amines is 1. The highest BCUT2D eigenvalue weighted by molar-refractivity contribution is 5.94. The number of nitrogens with one attached hydrogen (secondary N) is 2. The van der Waals surface area contributed by atoms with Crippen LogP contribution in [0.15, 0.2) is 18.2 Å². The predicted octanol–water partition coefficient (Wildman–Crippen LogP) is 3.28. The number of halogens is 4. The summed E-state index contributed by atoms with van der Waals surface area (Å²) in [6.07, 6.45) is -3.66. The first-order valence-corrected chi connectivity index (χ1v) is 10.4. The maximum absolute atomic E-state index is 13.9. The average Bonchev–Trinajstić information content (AvgIpc) is 3.20. The van der Waals surface area contributed by atoms with Crippen LogP contribution >= 0.6 is 0 Å². The van der Waals surface area contributed by atoms with E-state index < -0.39 is 23.5 Å². The van der Waals surface area contributed by atoms with Gasteiger partial charge < -0.3 is 15.1 Å². The summed E-state index contributed by atoms with van der Waals surface area (Å²) < 4.78 is 54.1. The number of H-pyrrole nitrogens is 1. The lowest BCUT2D eigenvalue weighted by Crippen LogP contribution is -2.42. The number of carbonyl (C=O) groups is 2. The summed E-state index contributed by atoms with van der Waals surface area (Å²) in [6, 6.07) is 3.16. The molecule has 2 N–H and O–H groups in total. The Balaban J connectivity index is 1.48. The number of fused-ring (bicyclic) bond motifs is 1. The lowest BCUT2D eigenvalue weighted by Gasteiger charge is -2.33. The lowest BCUT2D eigenvalue weighted by molar-refractivity contribution is -0.140. The van der Waals surface area contributed by atoms with Gasteiger partial charge in [0.25, 0.3) is 5.91 Å². The first kappa shape index (κ1) is 22.1. The van der Waals surface area contributed by atoms with Gasteiger partial charge in [-0.1, -0.05) is 12.1 Å². The second kappa shape index (κ2) is 8.44. The highest BCUT2D eigenvalue weighted by Crippen LogP contribution is 2.40. The SMILES string of the molecule is CNC(=O)N1CCc2[nH]nc(C(=O)N3CCC(c4cccc(F)c4C(F)(F)F)CC3)c2C1. The standard InChI is InChI=1S/C21H23F4N5O2/c1-26-20(32)30-10-7-16-14(11-30)18(28-27-16)19(31)29-8-5-12(6-9-29)13-3-2-4-15(22)17(13)21(23,24)25/h2-4,12H,5-11H2,1H3,(H,26,32)(H,27,28). The smallest absolute Gasteiger partial charge is 0.341 e. The van der Waals surface area contributed by atoms with Gasteiger partial charge >= 0.3 is 12.2 Å². The van der Waals surface area contributed by atoms with Crippen molar-refractivity contribution >= 4 is 11.9 Å². The number of aromatic nitrogens is 2. The fourth-order valence-corrected chi connectivity index (χ4v) is 4.53. The molecule has 1 aromatic carbocycles. The number of likely N-dealkylation sites (tertiary alicyclic amines) is 1. The monoisotopic (exact) mass is 453 g/mol. The third kappa shape index (κ3) is 4.03. The van der Waals surface area contributed by atoms with Crippen LogP contribution in [0.4, 0.5) is 22.4 Å². The summed E-state index contributed by atoms with van der Waals surface area (Å²) >= 11 is 0. The van der Waals surface area contributed by atoms with Gasteiger partial charge in [0.1, 0.15) is 5.82 Å². The minimum atomic E-state index is -4.78. The van der Waals surface area contributed by atoms with E-state index in [1.165, 1.54) is 19.2 Å². The number of hydrogen-bond acceptors (Lipinski definition) is 3. The van der Waals surface area contributed by atoms with Crippen LogP contribution in [0, 0.1) is 5.82 Å². The van der Waals surface area contributed by atoms with Crippen molar-refractivity contribution < 1.29 is 27.2 Å². The summed E-state index contributed by atoms with van der Waals surface area (Å²) in [5, 5.41) is 9.58. The molecule has 172 valence electrons. The zero-order valence-corrected chi connectivity index (χ0v) is 17.4. The summed E-state index contributed by atoms with van der Waals surface area (Å²) in [6.45, 7) is 1.22. The molecule has 1 fully saturated rings. The van der Waals surface area contributed by atoms with Crippen LogP contribution in [0.25, 0.3) is 0 Å². The Kier molecular flexibility index (Phi) is 5.83. The number of rotatable bonds is 2. The van der Waals surface area contributed by atoms with Crippen LogP contribution in [0.3, 0.4) is 0 Å². The highest BCUT2D eigenvalue weighted by atomic mass is 19.4. The molecule has 1 saturated heterocycles. The Hall–Kier alpha value is -3.11. The fraction of sp³-hybridized carbons (Fsp3) is 0.476. The molecule has 0 unspecified atom stereocenters. The summed E-state index contributed by atoms with van der Waals surface area (Å²) in [5.74, 6) is -2.10.